The lowest BCUT2D eigenvalue weighted by Gasteiger charge is -2.04. The van der Waals surface area contributed by atoms with E-state index >= 15 is 0 Å². The van der Waals surface area contributed by atoms with Gasteiger partial charge in [-0.25, -0.2) is 15.0 Å². The van der Waals surface area contributed by atoms with Crippen molar-refractivity contribution in [2.75, 3.05) is 6.54 Å². The summed E-state index contributed by atoms with van der Waals surface area (Å²) >= 11 is 1.45. The SMILES string of the molecule is O=C(Cc1csc(-c2ncccn2)n1)NCCCc1ccccc1. The number of amides is 1. The van der Waals surface area contributed by atoms with Crippen molar-refractivity contribution >= 4 is 17.2 Å². The Hall–Kier alpha value is -2.60. The maximum absolute atomic E-state index is 12.0. The van der Waals surface area contributed by atoms with Crippen LogP contribution in [0.2, 0.25) is 0 Å². The quantitative estimate of drug-likeness (QED) is 0.673. The molecule has 122 valence electrons. The Bertz CT molecular complexity index is 774. The summed E-state index contributed by atoms with van der Waals surface area (Å²) in [7, 11) is 0. The maximum Gasteiger partial charge on any atom is 0.226 e. The van der Waals surface area contributed by atoms with E-state index in [1.807, 2.05) is 23.6 Å². The van der Waals surface area contributed by atoms with Crippen LogP contribution in [0.3, 0.4) is 0 Å². The fourth-order valence-corrected chi connectivity index (χ4v) is 3.06. The number of hydrogen-bond acceptors (Lipinski definition) is 5. The van der Waals surface area contributed by atoms with Gasteiger partial charge in [0.25, 0.3) is 0 Å². The van der Waals surface area contributed by atoms with Crippen LogP contribution in [-0.2, 0) is 17.6 Å². The Morgan fingerprint density at radius 3 is 2.67 bits per heavy atom. The van der Waals surface area contributed by atoms with Crippen LogP contribution in [0.4, 0.5) is 0 Å². The van der Waals surface area contributed by atoms with E-state index in [0.29, 0.717) is 12.4 Å². The molecule has 5 nitrogen and oxygen atoms in total. The smallest absolute Gasteiger partial charge is 0.226 e. The van der Waals surface area contributed by atoms with Crippen LogP contribution in [0.1, 0.15) is 17.7 Å². The van der Waals surface area contributed by atoms with E-state index in [0.717, 1.165) is 23.5 Å². The molecule has 0 fully saturated rings. The Labute approximate surface area is 144 Å². The predicted octanol–water partition coefficient (Wildman–Crippen LogP) is 2.89. The second-order valence-electron chi connectivity index (χ2n) is 5.33. The lowest BCUT2D eigenvalue weighted by molar-refractivity contribution is -0.120. The highest BCUT2D eigenvalue weighted by Gasteiger charge is 2.10. The molecular formula is C18H18N4OS. The highest BCUT2D eigenvalue weighted by Crippen LogP contribution is 2.19. The van der Waals surface area contributed by atoms with Crippen molar-refractivity contribution in [2.45, 2.75) is 19.3 Å². The van der Waals surface area contributed by atoms with Crippen LogP contribution < -0.4 is 5.32 Å². The third kappa shape index (κ3) is 4.70. The molecule has 3 aromatic rings. The van der Waals surface area contributed by atoms with E-state index in [1.54, 1.807) is 18.5 Å². The van der Waals surface area contributed by atoms with Gasteiger partial charge in [0.1, 0.15) is 0 Å². The van der Waals surface area contributed by atoms with Gasteiger partial charge >= 0.3 is 0 Å². The molecule has 1 amide bonds. The average Bonchev–Trinajstić information content (AvgIpc) is 3.09. The van der Waals surface area contributed by atoms with E-state index in [1.165, 1.54) is 16.9 Å². The summed E-state index contributed by atoms with van der Waals surface area (Å²) in [6.07, 6.45) is 5.55. The first kappa shape index (κ1) is 16.3. The number of nitrogens with one attached hydrogen (secondary N) is 1. The molecule has 0 aliphatic heterocycles. The van der Waals surface area contributed by atoms with Gasteiger partial charge in [-0.2, -0.15) is 0 Å². The van der Waals surface area contributed by atoms with E-state index in [2.05, 4.69) is 32.4 Å². The van der Waals surface area contributed by atoms with E-state index in [9.17, 15) is 4.79 Å². The normalized spacial score (nSPS) is 10.5. The van der Waals surface area contributed by atoms with Gasteiger partial charge in [-0.05, 0) is 24.5 Å². The Kier molecular flexibility index (Phi) is 5.63. The van der Waals surface area contributed by atoms with Crippen molar-refractivity contribution in [3.05, 3.63) is 65.4 Å². The van der Waals surface area contributed by atoms with Crippen LogP contribution in [0.15, 0.2) is 54.2 Å². The lowest BCUT2D eigenvalue weighted by atomic mass is 10.1. The summed E-state index contributed by atoms with van der Waals surface area (Å²) in [5, 5.41) is 5.57. The minimum absolute atomic E-state index is 0.00566. The number of aryl methyl sites for hydroxylation is 1. The van der Waals surface area contributed by atoms with E-state index < -0.39 is 0 Å². The summed E-state index contributed by atoms with van der Waals surface area (Å²) in [5.41, 5.74) is 2.04. The number of aromatic nitrogens is 3. The number of hydrogen-bond donors (Lipinski definition) is 1. The molecule has 0 saturated carbocycles. The monoisotopic (exact) mass is 338 g/mol. The summed E-state index contributed by atoms with van der Waals surface area (Å²) in [4.78, 5) is 24.8. The minimum Gasteiger partial charge on any atom is -0.356 e. The zero-order valence-corrected chi connectivity index (χ0v) is 14.0. The molecule has 2 heterocycles. The van der Waals surface area contributed by atoms with E-state index in [-0.39, 0.29) is 12.3 Å². The van der Waals surface area contributed by atoms with Crippen molar-refractivity contribution in [3.8, 4) is 10.8 Å². The number of thiazole rings is 1. The Morgan fingerprint density at radius 1 is 1.08 bits per heavy atom. The first-order valence-electron chi connectivity index (χ1n) is 7.84. The first-order chi connectivity index (χ1) is 11.8. The molecule has 0 spiro atoms. The van der Waals surface area contributed by atoms with Gasteiger partial charge < -0.3 is 5.32 Å². The topological polar surface area (TPSA) is 67.8 Å². The molecule has 1 aromatic carbocycles. The highest BCUT2D eigenvalue weighted by atomic mass is 32.1. The van der Waals surface area contributed by atoms with Crippen LogP contribution in [0.25, 0.3) is 10.8 Å². The molecule has 24 heavy (non-hydrogen) atoms. The Morgan fingerprint density at radius 2 is 1.88 bits per heavy atom. The first-order valence-corrected chi connectivity index (χ1v) is 8.71. The summed E-state index contributed by atoms with van der Waals surface area (Å²) in [5.74, 6) is 0.589. The van der Waals surface area contributed by atoms with Crippen molar-refractivity contribution in [2.24, 2.45) is 0 Å². The molecule has 6 heteroatoms. The van der Waals surface area contributed by atoms with Crippen molar-refractivity contribution in [1.29, 1.82) is 0 Å². The number of carbonyl (C=O) groups is 1. The van der Waals surface area contributed by atoms with Crippen molar-refractivity contribution in [3.63, 3.8) is 0 Å². The molecule has 0 aliphatic rings. The van der Waals surface area contributed by atoms with Crippen LogP contribution in [0.5, 0.6) is 0 Å². The molecule has 1 N–H and O–H groups in total. The average molecular weight is 338 g/mol. The minimum atomic E-state index is -0.00566. The zero-order valence-electron chi connectivity index (χ0n) is 13.2. The fraction of sp³-hybridized carbons (Fsp3) is 0.222. The van der Waals surface area contributed by atoms with Gasteiger partial charge in [0.05, 0.1) is 12.1 Å². The lowest BCUT2D eigenvalue weighted by Crippen LogP contribution is -2.26. The van der Waals surface area contributed by atoms with E-state index in [4.69, 9.17) is 0 Å². The third-order valence-electron chi connectivity index (χ3n) is 3.46. The molecule has 2 aromatic heterocycles. The van der Waals surface area contributed by atoms with Crippen molar-refractivity contribution < 1.29 is 4.79 Å². The molecule has 0 atom stereocenters. The molecule has 3 rings (SSSR count). The van der Waals surface area contributed by atoms with Gasteiger partial charge in [0.15, 0.2) is 10.8 Å². The highest BCUT2D eigenvalue weighted by molar-refractivity contribution is 7.13. The van der Waals surface area contributed by atoms with Crippen LogP contribution in [-0.4, -0.2) is 27.4 Å². The van der Waals surface area contributed by atoms with Gasteiger partial charge in [0.2, 0.25) is 5.91 Å². The van der Waals surface area contributed by atoms with Crippen molar-refractivity contribution in [1.82, 2.24) is 20.3 Å². The van der Waals surface area contributed by atoms with Gasteiger partial charge in [-0.15, -0.1) is 11.3 Å². The Balaban J connectivity index is 1.43. The second kappa shape index (κ2) is 8.31. The number of carbonyl (C=O) groups excluding carboxylic acids is 1. The predicted molar refractivity (Wildman–Crippen MR) is 94.6 cm³/mol. The molecule has 0 radical (unpaired) electrons. The summed E-state index contributed by atoms with van der Waals surface area (Å²) in [6.45, 7) is 0.673. The number of nitrogens with zero attached hydrogens (tertiary/aromatic N) is 3. The van der Waals surface area contributed by atoms with Gasteiger partial charge in [0, 0.05) is 24.3 Å². The largest absolute Gasteiger partial charge is 0.356 e. The standard InChI is InChI=1S/C18H18N4OS/c23-16(19-9-4-8-14-6-2-1-3-7-14)12-15-13-24-18(22-15)17-20-10-5-11-21-17/h1-3,5-7,10-11,13H,4,8-9,12H2,(H,19,23). The number of rotatable bonds is 7. The molecule has 0 bridgehead atoms. The van der Waals surface area contributed by atoms with Crippen LogP contribution >= 0.6 is 11.3 Å². The molecule has 0 aliphatic carbocycles. The zero-order chi connectivity index (χ0) is 16.6. The van der Waals surface area contributed by atoms with Gasteiger partial charge in [-0.3, -0.25) is 4.79 Å². The van der Waals surface area contributed by atoms with Gasteiger partial charge in [-0.1, -0.05) is 30.3 Å². The number of benzene rings is 1. The molecule has 0 saturated heterocycles. The molecular weight excluding hydrogens is 320 g/mol. The second-order valence-corrected chi connectivity index (χ2v) is 6.19. The fourth-order valence-electron chi connectivity index (χ4n) is 2.29. The maximum atomic E-state index is 12.0. The summed E-state index contributed by atoms with van der Waals surface area (Å²) < 4.78 is 0. The third-order valence-corrected chi connectivity index (χ3v) is 4.34. The summed E-state index contributed by atoms with van der Waals surface area (Å²) in [6, 6.07) is 12.0. The molecule has 0 unspecified atom stereocenters. The van der Waals surface area contributed by atoms with Crippen LogP contribution in [0, 0.1) is 0 Å².